The van der Waals surface area contributed by atoms with Gasteiger partial charge in [-0.2, -0.15) is 0 Å². The van der Waals surface area contributed by atoms with E-state index in [-0.39, 0.29) is 6.10 Å². The van der Waals surface area contributed by atoms with Gasteiger partial charge < -0.3 is 4.74 Å². The summed E-state index contributed by atoms with van der Waals surface area (Å²) in [4.78, 5) is 0. The Labute approximate surface area is 91.9 Å². The maximum Gasteiger partial charge on any atom is 0.124 e. The van der Waals surface area contributed by atoms with Gasteiger partial charge in [-0.05, 0) is 31.1 Å². The molecule has 0 N–H and O–H groups in total. The van der Waals surface area contributed by atoms with Gasteiger partial charge in [-0.1, -0.05) is 28.1 Å². The average Bonchev–Trinajstić information content (AvgIpc) is 2.54. The van der Waals surface area contributed by atoms with E-state index in [0.29, 0.717) is 5.92 Å². The molecule has 1 nitrogen and oxygen atoms in total. The van der Waals surface area contributed by atoms with Crippen LogP contribution in [-0.2, 0) is 0 Å². The van der Waals surface area contributed by atoms with Crippen molar-refractivity contribution in [2.45, 2.75) is 24.9 Å². The van der Waals surface area contributed by atoms with E-state index >= 15 is 0 Å². The number of benzene rings is 1. The van der Waals surface area contributed by atoms with Crippen molar-refractivity contribution in [3.63, 3.8) is 0 Å². The number of hydrogen-bond acceptors (Lipinski definition) is 1. The van der Waals surface area contributed by atoms with Crippen LogP contribution in [0.2, 0.25) is 0 Å². The van der Waals surface area contributed by atoms with E-state index in [4.69, 9.17) is 4.74 Å². The molecule has 0 spiro atoms. The molecule has 1 aliphatic carbocycles. The molecule has 1 aromatic carbocycles. The lowest BCUT2D eigenvalue weighted by Gasteiger charge is -2.18. The fourth-order valence-corrected chi connectivity index (χ4v) is 2.66. The molecular formula is C12H11BrO. The van der Waals surface area contributed by atoms with Crippen LogP contribution in [0.3, 0.4) is 0 Å². The van der Waals surface area contributed by atoms with Gasteiger partial charge in [-0.15, -0.1) is 0 Å². The highest BCUT2D eigenvalue weighted by molar-refractivity contribution is 9.10. The summed E-state index contributed by atoms with van der Waals surface area (Å²) in [6, 6.07) is 6.35. The molecule has 1 aromatic rings. The second kappa shape index (κ2) is 3.13. The van der Waals surface area contributed by atoms with E-state index < -0.39 is 0 Å². The molecular weight excluding hydrogens is 240 g/mol. The van der Waals surface area contributed by atoms with Crippen molar-refractivity contribution in [3.8, 4) is 5.75 Å². The van der Waals surface area contributed by atoms with E-state index in [9.17, 15) is 0 Å². The van der Waals surface area contributed by atoms with Crippen LogP contribution in [0.5, 0.6) is 5.75 Å². The van der Waals surface area contributed by atoms with Gasteiger partial charge >= 0.3 is 0 Å². The van der Waals surface area contributed by atoms with Crippen LogP contribution in [0.1, 0.15) is 24.3 Å². The Morgan fingerprint density at radius 3 is 3.21 bits per heavy atom. The zero-order chi connectivity index (χ0) is 9.54. The minimum Gasteiger partial charge on any atom is -0.485 e. The van der Waals surface area contributed by atoms with Crippen molar-refractivity contribution in [2.24, 2.45) is 0 Å². The van der Waals surface area contributed by atoms with E-state index in [1.54, 1.807) is 0 Å². The highest BCUT2D eigenvalue weighted by Crippen LogP contribution is 2.44. The summed E-state index contributed by atoms with van der Waals surface area (Å²) in [6.07, 6.45) is 7.10. The Morgan fingerprint density at radius 1 is 1.36 bits per heavy atom. The van der Waals surface area contributed by atoms with Gasteiger partial charge in [0, 0.05) is 16.0 Å². The molecule has 0 radical (unpaired) electrons. The zero-order valence-corrected chi connectivity index (χ0v) is 9.33. The summed E-state index contributed by atoms with van der Waals surface area (Å²) in [6.45, 7) is 0. The van der Waals surface area contributed by atoms with Crippen molar-refractivity contribution >= 4 is 15.9 Å². The molecule has 0 amide bonds. The van der Waals surface area contributed by atoms with E-state index in [2.05, 4.69) is 46.3 Å². The number of ether oxygens (including phenoxy) is 1. The number of fused-ring (bicyclic) bond motifs is 3. The summed E-state index contributed by atoms with van der Waals surface area (Å²) in [5, 5.41) is 0. The Kier molecular flexibility index (Phi) is 1.91. The van der Waals surface area contributed by atoms with Crippen molar-refractivity contribution in [2.75, 3.05) is 0 Å². The Morgan fingerprint density at radius 2 is 2.29 bits per heavy atom. The minimum atomic E-state index is 0.285. The Hall–Kier alpha value is -0.760. The second-order valence-electron chi connectivity index (χ2n) is 3.88. The average molecular weight is 251 g/mol. The Bertz CT molecular complexity index is 397. The van der Waals surface area contributed by atoms with Crippen molar-refractivity contribution in [3.05, 3.63) is 40.4 Å². The third-order valence-electron chi connectivity index (χ3n) is 3.00. The van der Waals surface area contributed by atoms with E-state index in [0.717, 1.165) is 10.2 Å². The smallest absolute Gasteiger partial charge is 0.124 e. The molecule has 0 saturated carbocycles. The standard InChI is InChI=1S/C12H11BrO/c13-8-5-6-10-9-3-1-2-4-11(9)14-12(10)7-8/h2,4-7,9,11H,1,3H2. The van der Waals surface area contributed by atoms with Gasteiger partial charge in [0.25, 0.3) is 0 Å². The third kappa shape index (κ3) is 1.21. The molecule has 72 valence electrons. The zero-order valence-electron chi connectivity index (χ0n) is 7.74. The van der Waals surface area contributed by atoms with Crippen LogP contribution >= 0.6 is 15.9 Å². The molecule has 2 heteroatoms. The van der Waals surface area contributed by atoms with Crippen LogP contribution in [0.4, 0.5) is 0 Å². The molecule has 14 heavy (non-hydrogen) atoms. The minimum absolute atomic E-state index is 0.285. The molecule has 2 unspecified atom stereocenters. The monoisotopic (exact) mass is 250 g/mol. The molecule has 3 rings (SSSR count). The number of rotatable bonds is 0. The predicted molar refractivity (Wildman–Crippen MR) is 59.7 cm³/mol. The highest BCUT2D eigenvalue weighted by atomic mass is 79.9. The second-order valence-corrected chi connectivity index (χ2v) is 4.79. The highest BCUT2D eigenvalue weighted by Gasteiger charge is 2.33. The first-order chi connectivity index (χ1) is 6.84. The first-order valence-corrected chi connectivity index (χ1v) is 5.77. The fourth-order valence-electron chi connectivity index (χ4n) is 2.32. The molecule has 2 atom stereocenters. The summed E-state index contributed by atoms with van der Waals surface area (Å²) < 4.78 is 6.97. The summed E-state index contributed by atoms with van der Waals surface area (Å²) in [7, 11) is 0. The van der Waals surface area contributed by atoms with Crippen LogP contribution in [0.15, 0.2) is 34.8 Å². The number of allylic oxidation sites excluding steroid dienone is 1. The molecule has 1 aliphatic heterocycles. The van der Waals surface area contributed by atoms with E-state index in [1.807, 2.05) is 0 Å². The van der Waals surface area contributed by atoms with Crippen LogP contribution in [-0.4, -0.2) is 6.10 Å². The van der Waals surface area contributed by atoms with Crippen molar-refractivity contribution in [1.29, 1.82) is 0 Å². The topological polar surface area (TPSA) is 9.23 Å². The van der Waals surface area contributed by atoms with Crippen LogP contribution < -0.4 is 4.74 Å². The van der Waals surface area contributed by atoms with Gasteiger partial charge in [0.15, 0.2) is 0 Å². The maximum atomic E-state index is 5.87. The first-order valence-electron chi connectivity index (χ1n) is 4.97. The van der Waals surface area contributed by atoms with Crippen LogP contribution in [0.25, 0.3) is 0 Å². The third-order valence-corrected chi connectivity index (χ3v) is 3.50. The van der Waals surface area contributed by atoms with Crippen molar-refractivity contribution in [1.82, 2.24) is 0 Å². The first kappa shape index (κ1) is 8.54. The van der Waals surface area contributed by atoms with Crippen LogP contribution in [0, 0.1) is 0 Å². The van der Waals surface area contributed by atoms with Gasteiger partial charge in [-0.3, -0.25) is 0 Å². The molecule has 1 heterocycles. The quantitative estimate of drug-likeness (QED) is 0.639. The SMILES string of the molecule is Brc1ccc2c(c1)OC1C=CCCC21. The summed E-state index contributed by atoms with van der Waals surface area (Å²) in [5.74, 6) is 1.64. The number of halogens is 1. The number of hydrogen-bond donors (Lipinski definition) is 0. The lowest BCUT2D eigenvalue weighted by atomic mass is 9.87. The molecule has 0 saturated heterocycles. The lowest BCUT2D eigenvalue weighted by molar-refractivity contribution is 0.244. The summed E-state index contributed by atoms with van der Waals surface area (Å²) >= 11 is 3.47. The largest absolute Gasteiger partial charge is 0.485 e. The summed E-state index contributed by atoms with van der Waals surface area (Å²) in [5.41, 5.74) is 1.38. The molecule has 2 aliphatic rings. The maximum absolute atomic E-state index is 5.87. The predicted octanol–water partition coefficient (Wildman–Crippen LogP) is 3.64. The van der Waals surface area contributed by atoms with Crippen molar-refractivity contribution < 1.29 is 4.74 Å². The molecule has 0 aromatic heterocycles. The van der Waals surface area contributed by atoms with Gasteiger partial charge in [0.05, 0.1) is 0 Å². The fraction of sp³-hybridized carbons (Fsp3) is 0.333. The molecule has 0 fully saturated rings. The lowest BCUT2D eigenvalue weighted by Crippen LogP contribution is -2.18. The van der Waals surface area contributed by atoms with E-state index in [1.165, 1.54) is 18.4 Å². The Balaban J connectivity index is 2.06. The van der Waals surface area contributed by atoms with Gasteiger partial charge in [0.2, 0.25) is 0 Å². The van der Waals surface area contributed by atoms with Gasteiger partial charge in [0.1, 0.15) is 11.9 Å². The van der Waals surface area contributed by atoms with Gasteiger partial charge in [-0.25, -0.2) is 0 Å². The normalized spacial score (nSPS) is 28.1. The molecule has 0 bridgehead atoms.